The van der Waals surface area contributed by atoms with Crippen molar-refractivity contribution in [2.45, 2.75) is 26.7 Å². The number of nitrogens with two attached hydrogens (primary N) is 1. The largest absolute Gasteiger partial charge is 0.398 e. The molecular weight excluding hydrogens is 246 g/mol. The van der Waals surface area contributed by atoms with Crippen molar-refractivity contribution in [2.75, 3.05) is 5.73 Å². The molecule has 0 aliphatic carbocycles. The SMILES string of the molecule is CC(C)C(C)c1ccnc(N=Cc2ccccc2N)c1. The molecule has 0 amide bonds. The minimum absolute atomic E-state index is 0.494. The maximum Gasteiger partial charge on any atom is 0.152 e. The summed E-state index contributed by atoms with van der Waals surface area (Å²) in [5.74, 6) is 1.81. The van der Waals surface area contributed by atoms with Crippen LogP contribution in [0.5, 0.6) is 0 Å². The van der Waals surface area contributed by atoms with Gasteiger partial charge in [-0.25, -0.2) is 9.98 Å². The molecule has 2 N–H and O–H groups in total. The monoisotopic (exact) mass is 267 g/mol. The van der Waals surface area contributed by atoms with Crippen LogP contribution in [0.3, 0.4) is 0 Å². The van der Waals surface area contributed by atoms with Crippen molar-refractivity contribution >= 4 is 17.7 Å². The second-order valence-corrected chi connectivity index (χ2v) is 5.37. The maximum absolute atomic E-state index is 5.89. The molecule has 0 aliphatic rings. The highest BCUT2D eigenvalue weighted by atomic mass is 14.9. The standard InChI is InChI=1S/C17H21N3/c1-12(2)13(3)14-8-9-19-17(10-14)20-11-15-6-4-5-7-16(15)18/h4-13H,18H2,1-3H3. The summed E-state index contributed by atoms with van der Waals surface area (Å²) in [5.41, 5.74) is 8.80. The van der Waals surface area contributed by atoms with Crippen molar-refractivity contribution in [1.82, 2.24) is 4.98 Å². The molecule has 2 aromatic rings. The number of rotatable bonds is 4. The lowest BCUT2D eigenvalue weighted by Gasteiger charge is -2.15. The summed E-state index contributed by atoms with van der Waals surface area (Å²) in [4.78, 5) is 8.71. The van der Waals surface area contributed by atoms with Gasteiger partial charge in [-0.05, 0) is 35.6 Å². The van der Waals surface area contributed by atoms with Crippen LogP contribution in [-0.2, 0) is 0 Å². The third-order valence-electron chi connectivity index (χ3n) is 3.63. The number of hydrogen-bond acceptors (Lipinski definition) is 3. The molecule has 0 saturated heterocycles. The van der Waals surface area contributed by atoms with Crippen molar-refractivity contribution in [2.24, 2.45) is 10.9 Å². The highest BCUT2D eigenvalue weighted by Gasteiger charge is 2.10. The number of aromatic nitrogens is 1. The molecule has 0 saturated carbocycles. The zero-order valence-electron chi connectivity index (χ0n) is 12.2. The second-order valence-electron chi connectivity index (χ2n) is 5.37. The Labute approximate surface area is 120 Å². The molecule has 0 aliphatic heterocycles. The fraction of sp³-hybridized carbons (Fsp3) is 0.294. The lowest BCUT2D eigenvalue weighted by Crippen LogP contribution is -2.01. The third-order valence-corrected chi connectivity index (χ3v) is 3.63. The van der Waals surface area contributed by atoms with Gasteiger partial charge in [-0.1, -0.05) is 39.0 Å². The van der Waals surface area contributed by atoms with Gasteiger partial charge in [0.1, 0.15) is 0 Å². The van der Waals surface area contributed by atoms with Gasteiger partial charge in [-0.15, -0.1) is 0 Å². The number of anilines is 1. The van der Waals surface area contributed by atoms with E-state index in [1.165, 1.54) is 5.56 Å². The van der Waals surface area contributed by atoms with Gasteiger partial charge in [0.25, 0.3) is 0 Å². The Balaban J connectivity index is 2.22. The molecule has 0 fully saturated rings. The van der Waals surface area contributed by atoms with E-state index in [-0.39, 0.29) is 0 Å². The number of pyridine rings is 1. The molecule has 3 heteroatoms. The summed E-state index contributed by atoms with van der Waals surface area (Å²) in [5, 5.41) is 0. The van der Waals surface area contributed by atoms with Gasteiger partial charge in [-0.2, -0.15) is 0 Å². The first-order valence-electron chi connectivity index (χ1n) is 6.92. The quantitative estimate of drug-likeness (QED) is 0.667. The summed E-state index contributed by atoms with van der Waals surface area (Å²) in [6.07, 6.45) is 3.58. The Bertz CT molecular complexity index is 603. The van der Waals surface area contributed by atoms with E-state index < -0.39 is 0 Å². The van der Waals surface area contributed by atoms with Gasteiger partial charge in [0.2, 0.25) is 0 Å². The highest BCUT2D eigenvalue weighted by molar-refractivity contribution is 5.88. The number of benzene rings is 1. The van der Waals surface area contributed by atoms with E-state index in [1.54, 1.807) is 6.21 Å². The van der Waals surface area contributed by atoms with Gasteiger partial charge in [0.05, 0.1) is 0 Å². The van der Waals surface area contributed by atoms with Crippen LogP contribution in [0.15, 0.2) is 47.6 Å². The molecular formula is C17H21N3. The Hall–Kier alpha value is -2.16. The Kier molecular flexibility index (Phi) is 4.51. The fourth-order valence-corrected chi connectivity index (χ4v) is 1.94. The van der Waals surface area contributed by atoms with E-state index in [2.05, 4.69) is 36.8 Å². The lowest BCUT2D eigenvalue weighted by atomic mass is 9.91. The van der Waals surface area contributed by atoms with E-state index in [1.807, 2.05) is 36.5 Å². The van der Waals surface area contributed by atoms with Crippen molar-refractivity contribution in [3.63, 3.8) is 0 Å². The van der Waals surface area contributed by atoms with Gasteiger partial charge in [0, 0.05) is 23.7 Å². The van der Waals surface area contributed by atoms with Crippen molar-refractivity contribution < 1.29 is 0 Å². The molecule has 2 rings (SSSR count). The fourth-order valence-electron chi connectivity index (χ4n) is 1.94. The average molecular weight is 267 g/mol. The lowest BCUT2D eigenvalue weighted by molar-refractivity contribution is 0.535. The summed E-state index contributed by atoms with van der Waals surface area (Å²) < 4.78 is 0. The zero-order chi connectivity index (χ0) is 14.5. The predicted molar refractivity (Wildman–Crippen MR) is 85.6 cm³/mol. The molecule has 3 nitrogen and oxygen atoms in total. The van der Waals surface area contributed by atoms with E-state index in [9.17, 15) is 0 Å². The van der Waals surface area contributed by atoms with Crippen LogP contribution in [0.25, 0.3) is 0 Å². The number of nitrogen functional groups attached to an aromatic ring is 1. The first-order chi connectivity index (χ1) is 9.58. The van der Waals surface area contributed by atoms with E-state index in [4.69, 9.17) is 5.73 Å². The molecule has 104 valence electrons. The smallest absolute Gasteiger partial charge is 0.152 e. The first kappa shape index (κ1) is 14.3. The topological polar surface area (TPSA) is 51.3 Å². The summed E-state index contributed by atoms with van der Waals surface area (Å²) in [6.45, 7) is 6.67. The minimum atomic E-state index is 0.494. The average Bonchev–Trinajstić information content (AvgIpc) is 2.46. The zero-order valence-corrected chi connectivity index (χ0v) is 12.2. The highest BCUT2D eigenvalue weighted by Crippen LogP contribution is 2.25. The Morgan fingerprint density at radius 2 is 1.90 bits per heavy atom. The molecule has 1 unspecified atom stereocenters. The van der Waals surface area contributed by atoms with E-state index in [0.29, 0.717) is 11.8 Å². The Morgan fingerprint density at radius 3 is 2.60 bits per heavy atom. The molecule has 0 radical (unpaired) electrons. The normalized spacial score (nSPS) is 13.0. The van der Waals surface area contributed by atoms with Crippen molar-refractivity contribution in [3.05, 3.63) is 53.7 Å². The Morgan fingerprint density at radius 1 is 1.15 bits per heavy atom. The van der Waals surface area contributed by atoms with Crippen LogP contribution in [0.4, 0.5) is 11.5 Å². The van der Waals surface area contributed by atoms with E-state index in [0.717, 1.165) is 17.1 Å². The molecule has 1 aromatic heterocycles. The van der Waals surface area contributed by atoms with Crippen molar-refractivity contribution in [1.29, 1.82) is 0 Å². The van der Waals surface area contributed by atoms with Crippen LogP contribution >= 0.6 is 0 Å². The minimum Gasteiger partial charge on any atom is -0.398 e. The van der Waals surface area contributed by atoms with Crippen LogP contribution in [0.1, 0.15) is 37.8 Å². The predicted octanol–water partition coefficient (Wildman–Crippen LogP) is 4.17. The molecule has 0 bridgehead atoms. The molecule has 1 aromatic carbocycles. The number of nitrogens with zero attached hydrogens (tertiary/aromatic N) is 2. The van der Waals surface area contributed by atoms with Crippen LogP contribution in [0.2, 0.25) is 0 Å². The van der Waals surface area contributed by atoms with Gasteiger partial charge in [0.15, 0.2) is 5.82 Å². The molecule has 20 heavy (non-hydrogen) atoms. The van der Waals surface area contributed by atoms with Gasteiger partial charge in [-0.3, -0.25) is 0 Å². The van der Waals surface area contributed by atoms with Gasteiger partial charge >= 0.3 is 0 Å². The van der Waals surface area contributed by atoms with E-state index >= 15 is 0 Å². The third kappa shape index (κ3) is 3.44. The van der Waals surface area contributed by atoms with Crippen molar-refractivity contribution in [3.8, 4) is 0 Å². The van der Waals surface area contributed by atoms with Crippen LogP contribution in [-0.4, -0.2) is 11.2 Å². The first-order valence-corrected chi connectivity index (χ1v) is 6.92. The maximum atomic E-state index is 5.89. The molecule has 0 spiro atoms. The van der Waals surface area contributed by atoms with Gasteiger partial charge < -0.3 is 5.73 Å². The summed E-state index contributed by atoms with van der Waals surface area (Å²) >= 11 is 0. The molecule has 1 heterocycles. The second kappa shape index (κ2) is 6.33. The van der Waals surface area contributed by atoms with Crippen LogP contribution < -0.4 is 5.73 Å². The number of aliphatic imine (C=N–C) groups is 1. The summed E-state index contributed by atoms with van der Waals surface area (Å²) in [6, 6.07) is 11.8. The molecule has 1 atom stereocenters. The summed E-state index contributed by atoms with van der Waals surface area (Å²) in [7, 11) is 0. The number of hydrogen-bond donors (Lipinski definition) is 1. The number of para-hydroxylation sites is 1. The van der Waals surface area contributed by atoms with Crippen LogP contribution in [0, 0.1) is 5.92 Å².